The van der Waals surface area contributed by atoms with E-state index in [0.29, 0.717) is 22.2 Å². The first kappa shape index (κ1) is 12.3. The van der Waals surface area contributed by atoms with Gasteiger partial charge in [-0.15, -0.1) is 0 Å². The molecular weight excluding hydrogens is 252 g/mol. The zero-order valence-corrected chi connectivity index (χ0v) is 10.2. The Morgan fingerprint density at radius 3 is 2.83 bits per heavy atom. The Labute approximate surface area is 109 Å². The van der Waals surface area contributed by atoms with E-state index in [2.05, 4.69) is 15.3 Å². The van der Waals surface area contributed by atoms with Crippen LogP contribution in [0.2, 0.25) is 5.02 Å². The van der Waals surface area contributed by atoms with Gasteiger partial charge in [0.05, 0.1) is 18.3 Å². The monoisotopic (exact) mass is 262 g/mol. The highest BCUT2D eigenvalue weighted by molar-refractivity contribution is 6.30. The first-order valence-electron chi connectivity index (χ1n) is 5.25. The summed E-state index contributed by atoms with van der Waals surface area (Å²) in [6.07, 6.45) is 3.20. The molecule has 2 aromatic heterocycles. The molecule has 0 aromatic carbocycles. The Morgan fingerprint density at radius 2 is 2.17 bits per heavy atom. The summed E-state index contributed by atoms with van der Waals surface area (Å²) in [6.45, 7) is 0. The molecule has 0 saturated carbocycles. The van der Waals surface area contributed by atoms with Crippen LogP contribution in [-0.2, 0) is 11.2 Å². The lowest BCUT2D eigenvalue weighted by Gasteiger charge is -2.04. The van der Waals surface area contributed by atoms with Crippen molar-refractivity contribution < 1.29 is 4.79 Å². The quantitative estimate of drug-likeness (QED) is 0.885. The van der Waals surface area contributed by atoms with Crippen molar-refractivity contribution >= 4 is 29.0 Å². The number of nitrogens with one attached hydrogen (secondary N) is 1. The third kappa shape index (κ3) is 3.43. The van der Waals surface area contributed by atoms with E-state index in [1.165, 1.54) is 12.4 Å². The smallest absolute Gasteiger partial charge is 0.231 e. The molecule has 0 aliphatic heterocycles. The van der Waals surface area contributed by atoms with Crippen molar-refractivity contribution in [2.24, 2.45) is 0 Å². The fraction of sp³-hybridized carbons (Fsp3) is 0.0833. The SMILES string of the molecule is Nc1ccc(CC(=O)Nc2cc(Cl)ccn2)nc1. The average molecular weight is 263 g/mol. The van der Waals surface area contributed by atoms with Gasteiger partial charge in [0.1, 0.15) is 5.82 Å². The van der Waals surface area contributed by atoms with Gasteiger partial charge in [-0.05, 0) is 24.3 Å². The Hall–Kier alpha value is -2.14. The fourth-order valence-corrected chi connectivity index (χ4v) is 1.52. The van der Waals surface area contributed by atoms with Crippen molar-refractivity contribution in [3.63, 3.8) is 0 Å². The van der Waals surface area contributed by atoms with Crippen LogP contribution in [0.5, 0.6) is 0 Å². The third-order valence-corrected chi connectivity index (χ3v) is 2.41. The maximum absolute atomic E-state index is 11.7. The molecular formula is C12H11ClN4O. The normalized spacial score (nSPS) is 10.1. The number of nitrogens with two attached hydrogens (primary N) is 1. The second-order valence-corrected chi connectivity index (χ2v) is 4.10. The molecule has 1 amide bonds. The lowest BCUT2D eigenvalue weighted by molar-refractivity contribution is -0.115. The van der Waals surface area contributed by atoms with Crippen LogP contribution in [0, 0.1) is 0 Å². The molecule has 6 heteroatoms. The van der Waals surface area contributed by atoms with Crippen LogP contribution in [0.25, 0.3) is 0 Å². The van der Waals surface area contributed by atoms with Gasteiger partial charge in [-0.2, -0.15) is 0 Å². The van der Waals surface area contributed by atoms with Crippen LogP contribution >= 0.6 is 11.6 Å². The van der Waals surface area contributed by atoms with Crippen molar-refractivity contribution in [1.82, 2.24) is 9.97 Å². The van der Waals surface area contributed by atoms with Gasteiger partial charge in [0, 0.05) is 16.9 Å². The standard InChI is InChI=1S/C12H11ClN4O/c13-8-3-4-15-11(5-8)17-12(18)6-10-2-1-9(14)7-16-10/h1-5,7H,6,14H2,(H,15,17,18). The number of hydrogen-bond donors (Lipinski definition) is 2. The Balaban J connectivity index is 1.98. The molecule has 3 N–H and O–H groups in total. The van der Waals surface area contributed by atoms with Crippen molar-refractivity contribution in [3.05, 3.63) is 47.4 Å². The summed E-state index contributed by atoms with van der Waals surface area (Å²) in [4.78, 5) is 19.7. The number of rotatable bonds is 3. The lowest BCUT2D eigenvalue weighted by Crippen LogP contribution is -2.15. The number of carbonyl (C=O) groups excluding carboxylic acids is 1. The molecule has 0 unspecified atom stereocenters. The molecule has 2 heterocycles. The summed E-state index contributed by atoms with van der Waals surface area (Å²) in [5.74, 6) is 0.213. The molecule has 2 rings (SSSR count). The summed E-state index contributed by atoms with van der Waals surface area (Å²) < 4.78 is 0. The maximum atomic E-state index is 11.7. The number of carbonyl (C=O) groups is 1. The molecule has 2 aromatic rings. The minimum absolute atomic E-state index is 0.161. The molecule has 0 bridgehead atoms. The van der Waals surface area contributed by atoms with Crippen molar-refractivity contribution in [1.29, 1.82) is 0 Å². The van der Waals surface area contributed by atoms with Crippen LogP contribution in [0.1, 0.15) is 5.69 Å². The van der Waals surface area contributed by atoms with Crippen LogP contribution in [0.4, 0.5) is 11.5 Å². The Morgan fingerprint density at radius 1 is 1.33 bits per heavy atom. The molecule has 0 fully saturated rings. The van der Waals surface area contributed by atoms with Gasteiger partial charge < -0.3 is 11.1 Å². The van der Waals surface area contributed by atoms with Gasteiger partial charge in [-0.25, -0.2) is 4.98 Å². The number of nitrogen functional groups attached to an aromatic ring is 1. The Kier molecular flexibility index (Phi) is 3.74. The van der Waals surface area contributed by atoms with Gasteiger partial charge in [0.25, 0.3) is 0 Å². The highest BCUT2D eigenvalue weighted by atomic mass is 35.5. The predicted octanol–water partition coefficient (Wildman–Crippen LogP) is 1.89. The largest absolute Gasteiger partial charge is 0.397 e. The van der Waals surface area contributed by atoms with E-state index in [4.69, 9.17) is 17.3 Å². The van der Waals surface area contributed by atoms with E-state index < -0.39 is 0 Å². The van der Waals surface area contributed by atoms with E-state index in [0.717, 1.165) is 0 Å². The number of aromatic nitrogens is 2. The summed E-state index contributed by atoms with van der Waals surface area (Å²) >= 11 is 5.79. The van der Waals surface area contributed by atoms with Gasteiger partial charge in [0.15, 0.2) is 0 Å². The van der Waals surface area contributed by atoms with E-state index in [-0.39, 0.29) is 12.3 Å². The maximum Gasteiger partial charge on any atom is 0.231 e. The fourth-order valence-electron chi connectivity index (χ4n) is 1.37. The summed E-state index contributed by atoms with van der Waals surface area (Å²) in [6, 6.07) is 6.63. The van der Waals surface area contributed by atoms with Gasteiger partial charge in [-0.1, -0.05) is 11.6 Å². The number of nitrogens with zero attached hydrogens (tertiary/aromatic N) is 2. The van der Waals surface area contributed by atoms with Gasteiger partial charge in [-0.3, -0.25) is 9.78 Å². The number of pyridine rings is 2. The van der Waals surface area contributed by atoms with Crippen LogP contribution in [0.15, 0.2) is 36.7 Å². The first-order chi connectivity index (χ1) is 8.63. The second-order valence-electron chi connectivity index (χ2n) is 3.67. The predicted molar refractivity (Wildman–Crippen MR) is 70.2 cm³/mol. The molecule has 18 heavy (non-hydrogen) atoms. The number of amides is 1. The van der Waals surface area contributed by atoms with Gasteiger partial charge in [0.2, 0.25) is 5.91 Å². The van der Waals surface area contributed by atoms with E-state index >= 15 is 0 Å². The number of halogens is 1. The summed E-state index contributed by atoms with van der Waals surface area (Å²) in [5, 5.41) is 3.16. The molecule has 0 saturated heterocycles. The van der Waals surface area contributed by atoms with Crippen LogP contribution in [-0.4, -0.2) is 15.9 Å². The highest BCUT2D eigenvalue weighted by Crippen LogP contribution is 2.12. The van der Waals surface area contributed by atoms with Gasteiger partial charge >= 0.3 is 0 Å². The second kappa shape index (κ2) is 5.46. The third-order valence-electron chi connectivity index (χ3n) is 2.18. The molecule has 0 atom stereocenters. The molecule has 92 valence electrons. The summed E-state index contributed by atoms with van der Waals surface area (Å²) in [7, 11) is 0. The topological polar surface area (TPSA) is 80.9 Å². The van der Waals surface area contributed by atoms with Crippen molar-refractivity contribution in [2.45, 2.75) is 6.42 Å². The number of hydrogen-bond acceptors (Lipinski definition) is 4. The zero-order valence-electron chi connectivity index (χ0n) is 9.43. The average Bonchev–Trinajstić information content (AvgIpc) is 2.32. The first-order valence-corrected chi connectivity index (χ1v) is 5.63. The minimum atomic E-state index is -0.206. The van der Waals surface area contributed by atoms with E-state index in [9.17, 15) is 4.79 Å². The molecule has 0 spiro atoms. The molecule has 5 nitrogen and oxygen atoms in total. The molecule has 0 aliphatic rings. The molecule has 0 aliphatic carbocycles. The van der Waals surface area contributed by atoms with Crippen LogP contribution in [0.3, 0.4) is 0 Å². The Bertz CT molecular complexity index is 556. The van der Waals surface area contributed by atoms with E-state index in [1.807, 2.05) is 0 Å². The zero-order chi connectivity index (χ0) is 13.0. The molecule has 0 radical (unpaired) electrons. The minimum Gasteiger partial charge on any atom is -0.397 e. The van der Waals surface area contributed by atoms with Crippen LogP contribution < -0.4 is 11.1 Å². The highest BCUT2D eigenvalue weighted by Gasteiger charge is 2.06. The van der Waals surface area contributed by atoms with E-state index in [1.54, 1.807) is 24.3 Å². The van der Waals surface area contributed by atoms with Crippen molar-refractivity contribution in [3.8, 4) is 0 Å². The lowest BCUT2D eigenvalue weighted by atomic mass is 10.2. The van der Waals surface area contributed by atoms with Crippen molar-refractivity contribution in [2.75, 3.05) is 11.1 Å². The summed E-state index contributed by atoms with van der Waals surface area (Å²) in [5.41, 5.74) is 6.72. The number of anilines is 2.